The molecule has 2 aromatic rings. The van der Waals surface area contributed by atoms with Crippen molar-refractivity contribution in [3.8, 4) is 0 Å². The molecular formula is C15H15F3N6O. The summed E-state index contributed by atoms with van der Waals surface area (Å²) in [5.41, 5.74) is 2.35. The highest BCUT2D eigenvalue weighted by molar-refractivity contribution is 6.03. The minimum absolute atomic E-state index is 0.0278. The summed E-state index contributed by atoms with van der Waals surface area (Å²) in [4.78, 5) is 12.8. The highest BCUT2D eigenvalue weighted by atomic mass is 19.4. The third kappa shape index (κ3) is 3.73. The number of aromatic nitrogens is 2. The van der Waals surface area contributed by atoms with Crippen LogP contribution in [-0.4, -0.2) is 40.4 Å². The number of hydrogen-bond acceptors (Lipinski definition) is 5. The lowest BCUT2D eigenvalue weighted by molar-refractivity contribution is -0.137. The second-order valence-corrected chi connectivity index (χ2v) is 5.52. The molecule has 0 unspecified atom stereocenters. The predicted molar refractivity (Wildman–Crippen MR) is 84.7 cm³/mol. The number of carbonyl (C=O) groups is 1. The largest absolute Gasteiger partial charge is 0.418 e. The van der Waals surface area contributed by atoms with Crippen LogP contribution in [0.2, 0.25) is 0 Å². The van der Waals surface area contributed by atoms with E-state index in [1.807, 2.05) is 0 Å². The normalized spacial score (nSPS) is 15.0. The number of rotatable bonds is 4. The van der Waals surface area contributed by atoms with Gasteiger partial charge < -0.3 is 10.2 Å². The molecule has 0 spiro atoms. The average Bonchev–Trinajstić information content (AvgIpc) is 3.05. The van der Waals surface area contributed by atoms with Gasteiger partial charge in [-0.3, -0.25) is 9.89 Å². The molecule has 0 radical (unpaired) electrons. The standard InChI is InChI=1S/C15H15F3N6O/c1-24-8-13(25)22-23-14(24)9-2-3-12(11(6-9)15(16,17)18)19-7-10-4-5-20-21-10/h2-6,19H,7-8H2,1H3,(H,20,21)(H,22,25). The van der Waals surface area contributed by atoms with Crippen molar-refractivity contribution in [3.05, 3.63) is 47.3 Å². The number of aromatic amines is 1. The van der Waals surface area contributed by atoms with Crippen molar-refractivity contribution in [2.75, 3.05) is 18.9 Å². The Kier molecular flexibility index (Phi) is 4.34. The van der Waals surface area contributed by atoms with Crippen molar-refractivity contribution in [3.63, 3.8) is 0 Å². The minimum atomic E-state index is -4.54. The van der Waals surface area contributed by atoms with E-state index in [1.54, 1.807) is 13.1 Å². The Morgan fingerprint density at radius 2 is 2.12 bits per heavy atom. The maximum atomic E-state index is 13.4. The summed E-state index contributed by atoms with van der Waals surface area (Å²) >= 11 is 0. The van der Waals surface area contributed by atoms with E-state index in [1.165, 1.54) is 23.2 Å². The molecule has 0 aliphatic carbocycles. The number of hydrogen-bond donors (Lipinski definition) is 3. The Labute approximate surface area is 140 Å². The van der Waals surface area contributed by atoms with Crippen LogP contribution < -0.4 is 10.7 Å². The van der Waals surface area contributed by atoms with E-state index in [2.05, 4.69) is 26.0 Å². The molecule has 1 aromatic carbocycles. The van der Waals surface area contributed by atoms with E-state index in [-0.39, 0.29) is 36.1 Å². The fraction of sp³-hybridized carbons (Fsp3) is 0.267. The quantitative estimate of drug-likeness (QED) is 0.783. The zero-order valence-electron chi connectivity index (χ0n) is 13.2. The zero-order chi connectivity index (χ0) is 18.0. The lowest BCUT2D eigenvalue weighted by Gasteiger charge is -2.25. The van der Waals surface area contributed by atoms with E-state index >= 15 is 0 Å². The van der Waals surface area contributed by atoms with Crippen molar-refractivity contribution in [2.45, 2.75) is 12.7 Å². The Morgan fingerprint density at radius 3 is 2.76 bits per heavy atom. The summed E-state index contributed by atoms with van der Waals surface area (Å²) in [7, 11) is 1.59. The topological polar surface area (TPSA) is 85.4 Å². The van der Waals surface area contributed by atoms with Crippen LogP contribution in [0.15, 0.2) is 35.6 Å². The van der Waals surface area contributed by atoms with Gasteiger partial charge in [0.05, 0.1) is 24.3 Å². The van der Waals surface area contributed by atoms with Crippen LogP contribution in [0.4, 0.5) is 18.9 Å². The zero-order valence-corrected chi connectivity index (χ0v) is 13.2. The molecule has 0 saturated carbocycles. The number of nitrogens with zero attached hydrogens (tertiary/aromatic N) is 3. The number of likely N-dealkylation sites (N-methyl/N-ethyl adjacent to an activating group) is 1. The summed E-state index contributed by atoms with van der Waals surface area (Å²) in [6.07, 6.45) is -3.01. The molecular weight excluding hydrogens is 337 g/mol. The Hall–Kier alpha value is -3.04. The van der Waals surface area contributed by atoms with Crippen LogP contribution >= 0.6 is 0 Å². The van der Waals surface area contributed by atoms with Gasteiger partial charge in [-0.05, 0) is 24.3 Å². The number of hydrazone groups is 1. The molecule has 0 saturated heterocycles. The Balaban J connectivity index is 1.91. The van der Waals surface area contributed by atoms with E-state index in [0.29, 0.717) is 5.69 Å². The summed E-state index contributed by atoms with van der Waals surface area (Å²) in [5.74, 6) is -0.0506. The van der Waals surface area contributed by atoms with Crippen molar-refractivity contribution in [2.24, 2.45) is 5.10 Å². The lowest BCUT2D eigenvalue weighted by atomic mass is 10.1. The summed E-state index contributed by atoms with van der Waals surface area (Å²) < 4.78 is 40.3. The Morgan fingerprint density at radius 1 is 1.32 bits per heavy atom. The highest BCUT2D eigenvalue weighted by Gasteiger charge is 2.34. The number of carbonyl (C=O) groups excluding carboxylic acids is 1. The monoisotopic (exact) mass is 352 g/mol. The van der Waals surface area contributed by atoms with Gasteiger partial charge in [-0.25, -0.2) is 5.43 Å². The van der Waals surface area contributed by atoms with Gasteiger partial charge in [-0.1, -0.05) is 0 Å². The molecule has 7 nitrogen and oxygen atoms in total. The first-order chi connectivity index (χ1) is 11.8. The van der Waals surface area contributed by atoms with Crippen LogP contribution in [0, 0.1) is 0 Å². The molecule has 1 aromatic heterocycles. The van der Waals surface area contributed by atoms with Gasteiger partial charge in [-0.2, -0.15) is 23.4 Å². The number of amidine groups is 1. The van der Waals surface area contributed by atoms with E-state index in [9.17, 15) is 18.0 Å². The van der Waals surface area contributed by atoms with Crippen molar-refractivity contribution in [1.82, 2.24) is 20.5 Å². The van der Waals surface area contributed by atoms with Gasteiger partial charge in [0.25, 0.3) is 5.91 Å². The highest BCUT2D eigenvalue weighted by Crippen LogP contribution is 2.36. The van der Waals surface area contributed by atoms with Gasteiger partial charge in [0.15, 0.2) is 5.84 Å². The Bertz CT molecular complexity index is 800. The van der Waals surface area contributed by atoms with Gasteiger partial charge in [-0.15, -0.1) is 0 Å². The lowest BCUT2D eigenvalue weighted by Crippen LogP contribution is -2.43. The van der Waals surface area contributed by atoms with Gasteiger partial charge in [0, 0.05) is 24.5 Å². The molecule has 3 N–H and O–H groups in total. The van der Waals surface area contributed by atoms with Crippen LogP contribution in [-0.2, 0) is 17.5 Å². The number of amides is 1. The maximum absolute atomic E-state index is 13.4. The van der Waals surface area contributed by atoms with Gasteiger partial charge >= 0.3 is 6.18 Å². The van der Waals surface area contributed by atoms with E-state index in [0.717, 1.165) is 6.07 Å². The van der Waals surface area contributed by atoms with Gasteiger partial charge in [0.1, 0.15) is 0 Å². The fourth-order valence-electron chi connectivity index (χ4n) is 2.46. The van der Waals surface area contributed by atoms with Crippen molar-refractivity contribution >= 4 is 17.4 Å². The third-order valence-electron chi connectivity index (χ3n) is 3.64. The van der Waals surface area contributed by atoms with E-state index < -0.39 is 11.7 Å². The first-order valence-corrected chi connectivity index (χ1v) is 7.36. The van der Waals surface area contributed by atoms with Crippen molar-refractivity contribution in [1.29, 1.82) is 0 Å². The van der Waals surface area contributed by atoms with Crippen LogP contribution in [0.25, 0.3) is 0 Å². The number of alkyl halides is 3. The third-order valence-corrected chi connectivity index (χ3v) is 3.64. The van der Waals surface area contributed by atoms with Crippen molar-refractivity contribution < 1.29 is 18.0 Å². The molecule has 0 fully saturated rings. The van der Waals surface area contributed by atoms with Crippen LogP contribution in [0.1, 0.15) is 16.8 Å². The number of anilines is 1. The second kappa shape index (κ2) is 6.46. The smallest absolute Gasteiger partial charge is 0.379 e. The average molecular weight is 352 g/mol. The second-order valence-electron chi connectivity index (χ2n) is 5.52. The minimum Gasteiger partial charge on any atom is -0.379 e. The van der Waals surface area contributed by atoms with Crippen LogP contribution in [0.5, 0.6) is 0 Å². The summed E-state index contributed by atoms with van der Waals surface area (Å²) in [6, 6.07) is 5.56. The summed E-state index contributed by atoms with van der Waals surface area (Å²) in [6.45, 7) is 0.208. The van der Waals surface area contributed by atoms with Gasteiger partial charge in [0.2, 0.25) is 0 Å². The maximum Gasteiger partial charge on any atom is 0.418 e. The first kappa shape index (κ1) is 16.8. The van der Waals surface area contributed by atoms with E-state index in [4.69, 9.17) is 0 Å². The number of benzene rings is 1. The molecule has 2 heterocycles. The molecule has 25 heavy (non-hydrogen) atoms. The number of H-pyrrole nitrogens is 1. The fourth-order valence-corrected chi connectivity index (χ4v) is 2.46. The molecule has 10 heteroatoms. The molecule has 3 rings (SSSR count). The number of nitrogens with one attached hydrogen (secondary N) is 3. The van der Waals surface area contributed by atoms with Crippen LogP contribution in [0.3, 0.4) is 0 Å². The molecule has 132 valence electrons. The molecule has 1 amide bonds. The summed E-state index contributed by atoms with van der Waals surface area (Å²) in [5, 5.41) is 13.0. The molecule has 0 bridgehead atoms. The molecule has 1 aliphatic heterocycles. The molecule has 1 aliphatic rings. The SMILES string of the molecule is CN1CC(=O)NN=C1c1ccc(NCc2ccn[nH]2)c(C(F)(F)F)c1. The predicted octanol–water partition coefficient (Wildman–Crippen LogP) is 1.76. The first-order valence-electron chi connectivity index (χ1n) is 7.36. The molecule has 0 atom stereocenters. The number of halogens is 3.